The Morgan fingerprint density at radius 3 is 2.89 bits per heavy atom. The van der Waals surface area contributed by atoms with E-state index in [4.69, 9.17) is 5.73 Å². The predicted octanol–water partition coefficient (Wildman–Crippen LogP) is 1.89. The number of nitrogens with two attached hydrogens (primary N) is 1. The summed E-state index contributed by atoms with van der Waals surface area (Å²) in [5, 5.41) is 13.4. The molecule has 0 bridgehead atoms. The number of nitrogen functional groups attached to an aromatic ring is 1. The summed E-state index contributed by atoms with van der Waals surface area (Å²) in [6.07, 6.45) is 1.35. The van der Waals surface area contributed by atoms with Crippen LogP contribution in [0.2, 0.25) is 0 Å². The summed E-state index contributed by atoms with van der Waals surface area (Å²) in [4.78, 5) is 25.9. The number of rotatable bonds is 3. The van der Waals surface area contributed by atoms with Crippen molar-refractivity contribution in [3.05, 3.63) is 45.5 Å². The second kappa shape index (κ2) is 4.80. The molecule has 3 N–H and O–H groups in total. The lowest BCUT2D eigenvalue weighted by atomic mass is 10.3. The third-order valence-corrected chi connectivity index (χ3v) is 2.89. The van der Waals surface area contributed by atoms with Gasteiger partial charge in [-0.05, 0) is 6.07 Å². The van der Waals surface area contributed by atoms with Gasteiger partial charge in [-0.25, -0.2) is 4.98 Å². The molecule has 0 aliphatic carbocycles. The summed E-state index contributed by atoms with van der Waals surface area (Å²) < 4.78 is 0. The molecule has 0 saturated heterocycles. The zero-order valence-electron chi connectivity index (χ0n) is 8.99. The average molecular weight is 264 g/mol. The van der Waals surface area contributed by atoms with Crippen molar-refractivity contribution in [2.45, 2.75) is 0 Å². The van der Waals surface area contributed by atoms with Gasteiger partial charge in [-0.2, -0.15) is 0 Å². The van der Waals surface area contributed by atoms with Crippen molar-refractivity contribution in [3.8, 4) is 0 Å². The van der Waals surface area contributed by atoms with E-state index in [1.807, 2.05) is 0 Å². The molecule has 92 valence electrons. The van der Waals surface area contributed by atoms with Crippen LogP contribution in [0.1, 0.15) is 9.67 Å². The van der Waals surface area contributed by atoms with E-state index in [-0.39, 0.29) is 5.69 Å². The maximum atomic E-state index is 11.7. The molecule has 0 aliphatic rings. The van der Waals surface area contributed by atoms with Gasteiger partial charge in [-0.15, -0.1) is 0 Å². The van der Waals surface area contributed by atoms with Crippen LogP contribution in [-0.2, 0) is 0 Å². The largest absolute Gasteiger partial charge is 0.375 e. The van der Waals surface area contributed by atoms with Gasteiger partial charge in [-0.1, -0.05) is 17.4 Å². The van der Waals surface area contributed by atoms with Gasteiger partial charge in [-0.3, -0.25) is 14.9 Å². The molecule has 0 saturated carbocycles. The van der Waals surface area contributed by atoms with Gasteiger partial charge in [0.15, 0.2) is 5.13 Å². The van der Waals surface area contributed by atoms with Crippen LogP contribution in [0.25, 0.3) is 0 Å². The summed E-state index contributed by atoms with van der Waals surface area (Å²) in [5.41, 5.74) is 5.67. The SMILES string of the molecule is Nc1ncc(C(=O)Nc2cccc([N+](=O)[O-])c2)s1. The zero-order valence-corrected chi connectivity index (χ0v) is 9.81. The standard InChI is InChI=1S/C10H8N4O3S/c11-10-12-5-8(18-10)9(15)13-6-2-1-3-7(4-6)14(16)17/h1-5H,(H2,11,12)(H,13,15). The van der Waals surface area contributed by atoms with Gasteiger partial charge in [0.2, 0.25) is 0 Å². The Kier molecular flexibility index (Phi) is 3.20. The van der Waals surface area contributed by atoms with Gasteiger partial charge >= 0.3 is 0 Å². The first-order valence-corrected chi connectivity index (χ1v) is 5.65. The summed E-state index contributed by atoms with van der Waals surface area (Å²) in [5.74, 6) is -0.398. The number of hydrogen-bond donors (Lipinski definition) is 2. The Balaban J connectivity index is 2.16. The Morgan fingerprint density at radius 2 is 2.28 bits per heavy atom. The summed E-state index contributed by atoms with van der Waals surface area (Å²) >= 11 is 1.05. The number of thiazole rings is 1. The molecule has 1 amide bonds. The quantitative estimate of drug-likeness (QED) is 0.649. The highest BCUT2D eigenvalue weighted by atomic mass is 32.1. The van der Waals surface area contributed by atoms with Crippen LogP contribution in [0.4, 0.5) is 16.5 Å². The van der Waals surface area contributed by atoms with E-state index in [0.29, 0.717) is 15.7 Å². The number of hydrogen-bond acceptors (Lipinski definition) is 6. The molecule has 7 nitrogen and oxygen atoms in total. The number of benzene rings is 1. The maximum absolute atomic E-state index is 11.7. The van der Waals surface area contributed by atoms with E-state index in [1.165, 1.54) is 24.4 Å². The first kappa shape index (κ1) is 12.0. The minimum Gasteiger partial charge on any atom is -0.375 e. The zero-order chi connectivity index (χ0) is 13.1. The molecule has 0 radical (unpaired) electrons. The molecule has 2 aromatic rings. The topological polar surface area (TPSA) is 111 Å². The molecule has 0 spiro atoms. The molecule has 1 aromatic heterocycles. The molecule has 0 unspecified atom stereocenters. The highest BCUT2D eigenvalue weighted by Crippen LogP contribution is 2.20. The number of nitrogens with zero attached hydrogens (tertiary/aromatic N) is 2. The Morgan fingerprint density at radius 1 is 1.50 bits per heavy atom. The van der Waals surface area contributed by atoms with Gasteiger partial charge in [0.25, 0.3) is 11.6 Å². The van der Waals surface area contributed by atoms with Crippen molar-refractivity contribution in [1.82, 2.24) is 4.98 Å². The summed E-state index contributed by atoms with van der Waals surface area (Å²) in [6, 6.07) is 5.69. The maximum Gasteiger partial charge on any atom is 0.271 e. The Bertz CT molecular complexity index is 611. The normalized spacial score (nSPS) is 10.0. The van der Waals surface area contributed by atoms with Crippen molar-refractivity contribution < 1.29 is 9.72 Å². The molecule has 1 heterocycles. The number of nitro benzene ring substituents is 1. The monoisotopic (exact) mass is 264 g/mol. The highest BCUT2D eigenvalue weighted by Gasteiger charge is 2.11. The van der Waals surface area contributed by atoms with Crippen molar-refractivity contribution in [2.75, 3.05) is 11.1 Å². The number of anilines is 2. The number of aromatic nitrogens is 1. The molecular formula is C10H8N4O3S. The van der Waals surface area contributed by atoms with E-state index in [1.54, 1.807) is 6.07 Å². The number of carbonyl (C=O) groups is 1. The van der Waals surface area contributed by atoms with Crippen molar-refractivity contribution >= 4 is 33.8 Å². The van der Waals surface area contributed by atoms with E-state index in [2.05, 4.69) is 10.3 Å². The van der Waals surface area contributed by atoms with E-state index in [9.17, 15) is 14.9 Å². The molecule has 8 heteroatoms. The lowest BCUT2D eigenvalue weighted by Gasteiger charge is -2.02. The Hall–Kier alpha value is -2.48. The third kappa shape index (κ3) is 2.61. The van der Waals surface area contributed by atoms with Crippen LogP contribution in [0.15, 0.2) is 30.5 Å². The van der Waals surface area contributed by atoms with Gasteiger partial charge < -0.3 is 11.1 Å². The summed E-state index contributed by atoms with van der Waals surface area (Å²) in [6.45, 7) is 0. The van der Waals surface area contributed by atoms with E-state index < -0.39 is 10.8 Å². The second-order valence-corrected chi connectivity index (χ2v) is 4.39. The van der Waals surface area contributed by atoms with Gasteiger partial charge in [0.1, 0.15) is 4.88 Å². The predicted molar refractivity (Wildman–Crippen MR) is 67.6 cm³/mol. The van der Waals surface area contributed by atoms with Gasteiger partial charge in [0.05, 0.1) is 11.1 Å². The van der Waals surface area contributed by atoms with Crippen LogP contribution in [0.5, 0.6) is 0 Å². The second-order valence-electron chi connectivity index (χ2n) is 3.32. The molecule has 1 aromatic carbocycles. The molecule has 0 aliphatic heterocycles. The van der Waals surface area contributed by atoms with Crippen molar-refractivity contribution in [3.63, 3.8) is 0 Å². The molecule has 2 rings (SSSR count). The molecule has 0 fully saturated rings. The molecular weight excluding hydrogens is 256 g/mol. The number of carbonyl (C=O) groups excluding carboxylic acids is 1. The minimum atomic E-state index is -0.527. The first-order valence-electron chi connectivity index (χ1n) is 4.83. The lowest BCUT2D eigenvalue weighted by molar-refractivity contribution is -0.384. The van der Waals surface area contributed by atoms with Crippen LogP contribution < -0.4 is 11.1 Å². The van der Waals surface area contributed by atoms with E-state index >= 15 is 0 Å². The fourth-order valence-electron chi connectivity index (χ4n) is 1.28. The smallest absolute Gasteiger partial charge is 0.271 e. The third-order valence-electron chi connectivity index (χ3n) is 2.06. The highest BCUT2D eigenvalue weighted by molar-refractivity contribution is 7.17. The minimum absolute atomic E-state index is 0.0865. The fraction of sp³-hybridized carbons (Fsp3) is 0. The van der Waals surface area contributed by atoms with Crippen LogP contribution in [0, 0.1) is 10.1 Å². The fourth-order valence-corrected chi connectivity index (χ4v) is 1.86. The first-order chi connectivity index (χ1) is 8.56. The van der Waals surface area contributed by atoms with Crippen molar-refractivity contribution in [2.24, 2.45) is 0 Å². The van der Waals surface area contributed by atoms with E-state index in [0.717, 1.165) is 11.3 Å². The number of non-ortho nitro benzene ring substituents is 1. The number of amides is 1. The molecule has 0 atom stereocenters. The van der Waals surface area contributed by atoms with Crippen LogP contribution >= 0.6 is 11.3 Å². The number of nitro groups is 1. The Labute approximate surface area is 105 Å². The van der Waals surface area contributed by atoms with Crippen LogP contribution in [0.3, 0.4) is 0 Å². The summed E-state index contributed by atoms with van der Waals surface area (Å²) in [7, 11) is 0. The lowest BCUT2D eigenvalue weighted by Crippen LogP contribution is -2.10. The molecule has 18 heavy (non-hydrogen) atoms. The van der Waals surface area contributed by atoms with Crippen LogP contribution in [-0.4, -0.2) is 15.8 Å². The van der Waals surface area contributed by atoms with Crippen molar-refractivity contribution in [1.29, 1.82) is 0 Å². The average Bonchev–Trinajstić information content (AvgIpc) is 2.76. The van der Waals surface area contributed by atoms with Gasteiger partial charge in [0, 0.05) is 17.8 Å². The number of nitrogens with one attached hydrogen (secondary N) is 1.